The molecule has 0 spiro atoms. The highest BCUT2D eigenvalue weighted by Crippen LogP contribution is 2.26. The summed E-state index contributed by atoms with van der Waals surface area (Å²) in [6.07, 6.45) is 9.79. The van der Waals surface area contributed by atoms with Crippen LogP contribution in [0.15, 0.2) is 140 Å². The van der Waals surface area contributed by atoms with Crippen molar-refractivity contribution in [3.8, 4) is 0 Å². The first-order valence-corrected chi connectivity index (χ1v) is 15.1. The summed E-state index contributed by atoms with van der Waals surface area (Å²) in [5, 5.41) is 0. The molecule has 0 saturated carbocycles. The Hall–Kier alpha value is -4.15. The molecule has 4 aromatic carbocycles. The minimum absolute atomic E-state index is 0.454. The summed E-state index contributed by atoms with van der Waals surface area (Å²) in [7, 11) is 1.77. The molecule has 0 aliphatic carbocycles. The van der Waals surface area contributed by atoms with E-state index in [-0.39, 0.29) is 0 Å². The quantitative estimate of drug-likeness (QED) is 0.156. The Kier molecular flexibility index (Phi) is 8.65. The van der Waals surface area contributed by atoms with Crippen LogP contribution in [0.3, 0.4) is 0 Å². The topological polar surface area (TPSA) is 17.8 Å². The van der Waals surface area contributed by atoms with Crippen molar-refractivity contribution in [2.24, 2.45) is 0 Å². The van der Waals surface area contributed by atoms with Gasteiger partial charge in [0.2, 0.25) is 7.28 Å². The van der Waals surface area contributed by atoms with Crippen molar-refractivity contribution in [1.82, 2.24) is 9.55 Å². The van der Waals surface area contributed by atoms with Crippen molar-refractivity contribution in [1.29, 1.82) is 0 Å². The van der Waals surface area contributed by atoms with E-state index in [0.29, 0.717) is 5.54 Å². The van der Waals surface area contributed by atoms with Gasteiger partial charge < -0.3 is 4.57 Å². The van der Waals surface area contributed by atoms with Crippen LogP contribution in [-0.4, -0.2) is 26.4 Å². The molecule has 2 nitrogen and oxygen atoms in total. The van der Waals surface area contributed by atoms with Crippen LogP contribution in [0.5, 0.6) is 0 Å². The predicted octanol–water partition coefficient (Wildman–Crippen LogP) is 6.48. The Bertz CT molecular complexity index is 1440. The maximum absolute atomic E-state index is 4.73. The summed E-state index contributed by atoms with van der Waals surface area (Å²) in [5.74, 6) is 0. The molecule has 0 aliphatic heterocycles. The minimum atomic E-state index is -0.454. The molecule has 0 amide bonds. The molecule has 0 fully saturated rings. The van der Waals surface area contributed by atoms with E-state index in [0.717, 1.165) is 17.4 Å². The molecular weight excluding hydrogens is 475 g/mol. The van der Waals surface area contributed by atoms with Gasteiger partial charge in [-0.15, -0.1) is 0 Å². The van der Waals surface area contributed by atoms with Crippen LogP contribution in [0.25, 0.3) is 17.1 Å². The molecule has 1 aromatic heterocycles. The maximum Gasteiger partial charge on any atom is 0.241 e. The molecule has 1 unspecified atom stereocenters. The van der Waals surface area contributed by atoms with Gasteiger partial charge in [0, 0.05) is 18.6 Å². The van der Waals surface area contributed by atoms with Gasteiger partial charge in [0.05, 0.1) is 15.2 Å². The lowest BCUT2D eigenvalue weighted by molar-refractivity contribution is 0.891. The number of imidazole rings is 1. The van der Waals surface area contributed by atoms with Crippen molar-refractivity contribution in [2.45, 2.75) is 18.6 Å². The molecule has 0 aliphatic rings. The molecular formula is C34H32BN2Si. The molecule has 0 saturated heterocycles. The van der Waals surface area contributed by atoms with E-state index in [9.17, 15) is 0 Å². The first-order chi connectivity index (χ1) is 18.8. The van der Waals surface area contributed by atoms with Gasteiger partial charge in [-0.25, -0.2) is 0 Å². The largest absolute Gasteiger partial charge is 0.347 e. The van der Waals surface area contributed by atoms with E-state index in [1.54, 1.807) is 0 Å². The molecule has 5 aromatic rings. The van der Waals surface area contributed by atoms with Crippen molar-refractivity contribution < 1.29 is 0 Å². The van der Waals surface area contributed by atoms with E-state index >= 15 is 0 Å². The fraction of sp³-hybridized carbons (Fsp3) is 0.0882. The van der Waals surface area contributed by atoms with Gasteiger partial charge in [0.15, 0.2) is 0 Å². The lowest BCUT2D eigenvalue weighted by Gasteiger charge is -2.14. The summed E-state index contributed by atoms with van der Waals surface area (Å²) in [5.41, 5.74) is 8.94. The second kappa shape index (κ2) is 12.9. The van der Waals surface area contributed by atoms with Gasteiger partial charge in [0.25, 0.3) is 0 Å². The lowest BCUT2D eigenvalue weighted by atomic mass is 9.65. The second-order valence-corrected chi connectivity index (χ2v) is 11.9. The number of hydrogen-bond acceptors (Lipinski definition) is 1. The van der Waals surface area contributed by atoms with E-state index < -0.39 is 9.52 Å². The molecule has 0 N–H and O–H groups in total. The van der Waals surface area contributed by atoms with Crippen molar-refractivity contribution >= 4 is 39.6 Å². The van der Waals surface area contributed by atoms with Crippen LogP contribution in [-0.2, 0) is 6.17 Å². The molecule has 1 atom stereocenters. The van der Waals surface area contributed by atoms with Crippen LogP contribution < -0.4 is 5.72 Å². The highest BCUT2D eigenvalue weighted by molar-refractivity contribution is 6.73. The number of benzene rings is 4. The molecule has 5 rings (SSSR count). The van der Waals surface area contributed by atoms with Crippen molar-refractivity contribution in [3.63, 3.8) is 0 Å². The van der Waals surface area contributed by atoms with Crippen LogP contribution in [0.2, 0.25) is 5.54 Å². The minimum Gasteiger partial charge on any atom is -0.347 e. The standard InChI is InChI=1S/C34H32BN2Si/c1-27(24-32(29-16-8-3-9-17-29)30-18-10-4-11-19-30)38-26-37-23-22-36-34(37)35-33(31-20-12-5-13-21-31)25-28-14-6-2-7-15-28/h2-25,27H,26,38H2,1H3. The summed E-state index contributed by atoms with van der Waals surface area (Å²) < 4.78 is 2.32. The zero-order valence-corrected chi connectivity index (χ0v) is 23.2. The first-order valence-electron chi connectivity index (χ1n) is 13.3. The summed E-state index contributed by atoms with van der Waals surface area (Å²) in [6.45, 7) is 2.36. The fourth-order valence-corrected chi connectivity index (χ4v) is 6.13. The Morgan fingerprint density at radius 1 is 0.763 bits per heavy atom. The first kappa shape index (κ1) is 25.5. The third kappa shape index (κ3) is 6.78. The zero-order chi connectivity index (χ0) is 26.0. The Morgan fingerprint density at radius 3 is 1.87 bits per heavy atom. The van der Waals surface area contributed by atoms with Gasteiger partial charge in [-0.05, 0) is 33.4 Å². The molecule has 1 radical (unpaired) electrons. The third-order valence-corrected chi connectivity index (χ3v) is 8.59. The number of hydrogen-bond donors (Lipinski definition) is 0. The van der Waals surface area contributed by atoms with E-state index in [1.807, 2.05) is 6.20 Å². The van der Waals surface area contributed by atoms with Crippen LogP contribution >= 0.6 is 0 Å². The maximum atomic E-state index is 4.73. The van der Waals surface area contributed by atoms with Crippen LogP contribution in [0.4, 0.5) is 0 Å². The summed E-state index contributed by atoms with van der Waals surface area (Å²) in [4.78, 5) is 4.73. The van der Waals surface area contributed by atoms with Crippen molar-refractivity contribution in [2.75, 3.05) is 0 Å². The molecule has 185 valence electrons. The highest BCUT2D eigenvalue weighted by atomic mass is 28.2. The SMILES string of the molecule is CC(C=C(c1ccccc1)c1ccccc1)[SiH2]Cn1ccnc1[B]C(=Cc1ccccc1)c1ccccc1. The average Bonchev–Trinajstić information content (AvgIpc) is 3.43. The number of allylic oxidation sites excluding steroid dienone is 1. The molecule has 38 heavy (non-hydrogen) atoms. The van der Waals surface area contributed by atoms with Gasteiger partial charge in [0.1, 0.15) is 0 Å². The Morgan fingerprint density at radius 2 is 1.29 bits per heavy atom. The summed E-state index contributed by atoms with van der Waals surface area (Å²) >= 11 is 0. The third-order valence-electron chi connectivity index (χ3n) is 6.71. The number of aromatic nitrogens is 2. The molecule has 4 heteroatoms. The van der Waals surface area contributed by atoms with Crippen molar-refractivity contribution in [3.05, 3.63) is 162 Å². The normalized spacial score (nSPS) is 12.4. The van der Waals surface area contributed by atoms with Gasteiger partial charge in [-0.3, -0.25) is 4.98 Å². The average molecular weight is 508 g/mol. The second-order valence-electron chi connectivity index (χ2n) is 9.58. The van der Waals surface area contributed by atoms with Crippen LogP contribution in [0, 0.1) is 0 Å². The smallest absolute Gasteiger partial charge is 0.241 e. The van der Waals surface area contributed by atoms with E-state index in [1.165, 1.54) is 27.8 Å². The zero-order valence-electron chi connectivity index (χ0n) is 21.8. The molecule has 1 heterocycles. The predicted molar refractivity (Wildman–Crippen MR) is 166 cm³/mol. The summed E-state index contributed by atoms with van der Waals surface area (Å²) in [6, 6.07) is 42.5. The fourth-order valence-electron chi connectivity index (χ4n) is 4.66. The monoisotopic (exact) mass is 507 g/mol. The Labute approximate surface area is 229 Å². The van der Waals surface area contributed by atoms with E-state index in [2.05, 4.69) is 158 Å². The van der Waals surface area contributed by atoms with Crippen LogP contribution in [0.1, 0.15) is 29.2 Å². The van der Waals surface area contributed by atoms with Gasteiger partial charge in [-0.2, -0.15) is 0 Å². The number of rotatable bonds is 10. The van der Waals surface area contributed by atoms with Gasteiger partial charge >= 0.3 is 0 Å². The number of nitrogens with zero attached hydrogens (tertiary/aromatic N) is 2. The van der Waals surface area contributed by atoms with Gasteiger partial charge in [-0.1, -0.05) is 146 Å². The van der Waals surface area contributed by atoms with E-state index in [4.69, 9.17) is 4.98 Å². The Balaban J connectivity index is 1.35. The lowest BCUT2D eigenvalue weighted by Crippen LogP contribution is -2.29. The highest BCUT2D eigenvalue weighted by Gasteiger charge is 2.13. The molecule has 0 bridgehead atoms.